The Kier molecular flexibility index (Phi) is 5.12. The third kappa shape index (κ3) is 4.06. The van der Waals surface area contributed by atoms with E-state index in [4.69, 9.17) is 10.4 Å². The van der Waals surface area contributed by atoms with Crippen molar-refractivity contribution in [3.63, 3.8) is 0 Å². The van der Waals surface area contributed by atoms with Gasteiger partial charge in [0.1, 0.15) is 17.8 Å². The highest BCUT2D eigenvalue weighted by atomic mass is 16.4. The molecular weight excluding hydrogens is 230 g/mol. The first kappa shape index (κ1) is 14.0. The Morgan fingerprint density at radius 1 is 1.61 bits per heavy atom. The first-order valence-electron chi connectivity index (χ1n) is 5.95. The van der Waals surface area contributed by atoms with Gasteiger partial charge in [0.2, 0.25) is 0 Å². The first-order valence-corrected chi connectivity index (χ1v) is 5.95. The molecule has 0 saturated heterocycles. The molecule has 5 nitrogen and oxygen atoms in total. The number of aliphatic carboxylic acids is 1. The van der Waals surface area contributed by atoms with E-state index in [1.165, 1.54) is 0 Å². The molecule has 5 heteroatoms. The maximum absolute atomic E-state index is 11.1. The summed E-state index contributed by atoms with van der Waals surface area (Å²) in [4.78, 5) is 15.1. The Morgan fingerprint density at radius 3 is 2.89 bits per heavy atom. The van der Waals surface area contributed by atoms with Crippen LogP contribution < -0.4 is 5.32 Å². The maximum Gasteiger partial charge on any atom is 0.326 e. The molecule has 1 aromatic heterocycles. The fourth-order valence-electron chi connectivity index (χ4n) is 1.68. The van der Waals surface area contributed by atoms with E-state index in [0.29, 0.717) is 17.8 Å². The molecule has 0 aliphatic rings. The summed E-state index contributed by atoms with van der Waals surface area (Å²) in [6, 6.07) is 4.63. The lowest BCUT2D eigenvalue weighted by atomic mass is 10.1. The van der Waals surface area contributed by atoms with E-state index < -0.39 is 12.0 Å². The van der Waals surface area contributed by atoms with Crippen LogP contribution in [0.2, 0.25) is 0 Å². The fraction of sp³-hybridized carbons (Fsp3) is 0.462. The number of pyridine rings is 1. The highest BCUT2D eigenvalue weighted by molar-refractivity contribution is 5.77. The predicted octanol–water partition coefficient (Wildman–Crippen LogP) is 2.32. The van der Waals surface area contributed by atoms with Crippen molar-refractivity contribution in [3.8, 4) is 6.07 Å². The van der Waals surface area contributed by atoms with E-state index >= 15 is 0 Å². The Morgan fingerprint density at radius 2 is 2.33 bits per heavy atom. The minimum atomic E-state index is -0.878. The van der Waals surface area contributed by atoms with Crippen molar-refractivity contribution in [2.24, 2.45) is 0 Å². The Hall–Kier alpha value is -2.09. The summed E-state index contributed by atoms with van der Waals surface area (Å²) >= 11 is 0. The van der Waals surface area contributed by atoms with Crippen molar-refractivity contribution in [2.75, 3.05) is 5.32 Å². The Labute approximate surface area is 106 Å². The molecule has 0 aliphatic carbocycles. The number of hydrogen-bond donors (Lipinski definition) is 2. The van der Waals surface area contributed by atoms with E-state index in [-0.39, 0.29) is 5.69 Å². The van der Waals surface area contributed by atoms with Crippen molar-refractivity contribution in [1.82, 2.24) is 4.98 Å². The van der Waals surface area contributed by atoms with Crippen LogP contribution in [0.15, 0.2) is 12.1 Å². The van der Waals surface area contributed by atoms with E-state index in [0.717, 1.165) is 12.8 Å². The van der Waals surface area contributed by atoms with E-state index in [1.54, 1.807) is 19.1 Å². The number of aryl methyl sites for hydroxylation is 1. The predicted molar refractivity (Wildman–Crippen MR) is 68.3 cm³/mol. The first-order chi connectivity index (χ1) is 8.56. The standard InChI is InChI=1S/C13H17N3O2/c1-3-4-5-12(13(17)18)16-10-6-9(2)15-11(7-10)8-14/h6-7,12H,3-5H2,1-2H3,(H,15,16)(H,17,18). The van der Waals surface area contributed by atoms with Gasteiger partial charge in [-0.1, -0.05) is 19.8 Å². The quantitative estimate of drug-likeness (QED) is 0.805. The lowest BCUT2D eigenvalue weighted by Gasteiger charge is -2.15. The van der Waals surface area contributed by atoms with Gasteiger partial charge in [0, 0.05) is 11.4 Å². The Bertz CT molecular complexity index is 466. The number of nitriles is 1. The molecule has 0 aliphatic heterocycles. The van der Waals surface area contributed by atoms with Crippen molar-refractivity contribution >= 4 is 11.7 Å². The lowest BCUT2D eigenvalue weighted by molar-refractivity contribution is -0.138. The second-order valence-corrected chi connectivity index (χ2v) is 4.17. The number of carboxylic acid groups (broad SMARTS) is 1. The van der Waals surface area contributed by atoms with Crippen LogP contribution in [-0.4, -0.2) is 22.1 Å². The summed E-state index contributed by atoms with van der Waals surface area (Å²) in [7, 11) is 0. The van der Waals surface area contributed by atoms with Crippen LogP contribution in [0.3, 0.4) is 0 Å². The molecule has 1 unspecified atom stereocenters. The summed E-state index contributed by atoms with van der Waals surface area (Å²) in [5.74, 6) is -0.878. The van der Waals surface area contributed by atoms with Crippen molar-refractivity contribution in [1.29, 1.82) is 5.26 Å². The van der Waals surface area contributed by atoms with Crippen LogP contribution in [0, 0.1) is 18.3 Å². The highest BCUT2D eigenvalue weighted by Gasteiger charge is 2.16. The van der Waals surface area contributed by atoms with Crippen molar-refractivity contribution in [2.45, 2.75) is 39.2 Å². The van der Waals surface area contributed by atoms with Crippen LogP contribution in [0.25, 0.3) is 0 Å². The SMILES string of the molecule is CCCCC(Nc1cc(C)nc(C#N)c1)C(=O)O. The zero-order valence-corrected chi connectivity index (χ0v) is 10.6. The average molecular weight is 247 g/mol. The van der Waals surface area contributed by atoms with Gasteiger partial charge in [-0.2, -0.15) is 5.26 Å². The number of anilines is 1. The van der Waals surface area contributed by atoms with Gasteiger partial charge in [0.25, 0.3) is 0 Å². The van der Waals surface area contributed by atoms with Gasteiger partial charge in [0.05, 0.1) is 0 Å². The zero-order chi connectivity index (χ0) is 13.5. The van der Waals surface area contributed by atoms with Crippen LogP contribution in [0.5, 0.6) is 0 Å². The van der Waals surface area contributed by atoms with Gasteiger partial charge in [-0.15, -0.1) is 0 Å². The third-order valence-corrected chi connectivity index (χ3v) is 2.55. The van der Waals surface area contributed by atoms with E-state index in [2.05, 4.69) is 10.3 Å². The summed E-state index contributed by atoms with van der Waals surface area (Å²) < 4.78 is 0. The van der Waals surface area contributed by atoms with E-state index in [9.17, 15) is 4.79 Å². The molecule has 2 N–H and O–H groups in total. The van der Waals surface area contributed by atoms with Gasteiger partial charge >= 0.3 is 5.97 Å². The van der Waals surface area contributed by atoms with Crippen LogP contribution in [0.1, 0.15) is 37.6 Å². The molecule has 96 valence electrons. The van der Waals surface area contributed by atoms with E-state index in [1.807, 2.05) is 13.0 Å². The minimum absolute atomic E-state index is 0.289. The monoisotopic (exact) mass is 247 g/mol. The molecule has 0 radical (unpaired) electrons. The number of unbranched alkanes of at least 4 members (excludes halogenated alkanes) is 1. The van der Waals surface area contributed by atoms with Crippen LogP contribution in [0.4, 0.5) is 5.69 Å². The molecule has 1 aromatic rings. The van der Waals surface area contributed by atoms with Crippen molar-refractivity contribution < 1.29 is 9.90 Å². The lowest BCUT2D eigenvalue weighted by Crippen LogP contribution is -2.29. The molecule has 0 aromatic carbocycles. The van der Waals surface area contributed by atoms with Gasteiger partial charge in [0.15, 0.2) is 0 Å². The second-order valence-electron chi connectivity index (χ2n) is 4.17. The number of hydrogen-bond acceptors (Lipinski definition) is 4. The Balaban J connectivity index is 2.83. The number of nitrogens with zero attached hydrogens (tertiary/aromatic N) is 2. The molecule has 0 amide bonds. The minimum Gasteiger partial charge on any atom is -0.480 e. The van der Waals surface area contributed by atoms with Gasteiger partial charge in [-0.3, -0.25) is 0 Å². The molecule has 0 bridgehead atoms. The normalized spacial score (nSPS) is 11.6. The fourth-order valence-corrected chi connectivity index (χ4v) is 1.68. The molecule has 1 heterocycles. The third-order valence-electron chi connectivity index (χ3n) is 2.55. The van der Waals surface area contributed by atoms with Crippen LogP contribution >= 0.6 is 0 Å². The summed E-state index contributed by atoms with van der Waals surface area (Å²) in [6.07, 6.45) is 2.36. The number of carboxylic acids is 1. The van der Waals surface area contributed by atoms with Crippen molar-refractivity contribution in [3.05, 3.63) is 23.5 Å². The van der Waals surface area contributed by atoms with Gasteiger partial charge in [-0.25, -0.2) is 9.78 Å². The van der Waals surface area contributed by atoms with Gasteiger partial charge in [-0.05, 0) is 25.5 Å². The molecule has 1 atom stereocenters. The molecule has 1 rings (SSSR count). The topological polar surface area (TPSA) is 86.0 Å². The molecule has 0 fully saturated rings. The zero-order valence-electron chi connectivity index (χ0n) is 10.6. The smallest absolute Gasteiger partial charge is 0.326 e. The number of nitrogens with one attached hydrogen (secondary N) is 1. The second kappa shape index (κ2) is 6.60. The summed E-state index contributed by atoms with van der Waals surface area (Å²) in [5, 5.41) is 20.9. The largest absolute Gasteiger partial charge is 0.480 e. The van der Waals surface area contributed by atoms with Crippen LogP contribution in [-0.2, 0) is 4.79 Å². The molecule has 0 saturated carbocycles. The maximum atomic E-state index is 11.1. The average Bonchev–Trinajstić information content (AvgIpc) is 2.33. The molecular formula is C13H17N3O2. The molecule has 18 heavy (non-hydrogen) atoms. The van der Waals surface area contributed by atoms with Gasteiger partial charge < -0.3 is 10.4 Å². The number of aromatic nitrogens is 1. The number of rotatable bonds is 6. The summed E-state index contributed by atoms with van der Waals surface area (Å²) in [6.45, 7) is 3.79. The highest BCUT2D eigenvalue weighted by Crippen LogP contribution is 2.14. The molecule has 0 spiro atoms. The summed E-state index contributed by atoms with van der Waals surface area (Å²) in [5.41, 5.74) is 1.61. The number of carbonyl (C=O) groups is 1.